The van der Waals surface area contributed by atoms with Crippen molar-refractivity contribution in [2.75, 3.05) is 0 Å². The molecule has 224 valence electrons. The van der Waals surface area contributed by atoms with Gasteiger partial charge in [0.15, 0.2) is 11.2 Å². The summed E-state index contributed by atoms with van der Waals surface area (Å²) in [6, 6.07) is 55.0. The Balaban J connectivity index is 1.11. The number of nitrogens with zero attached hydrogens (tertiary/aromatic N) is 2. The number of para-hydroxylation sites is 4. The summed E-state index contributed by atoms with van der Waals surface area (Å²) in [5.41, 5.74) is 9.92. The number of hydrogen-bond donors (Lipinski definition) is 0. The summed E-state index contributed by atoms with van der Waals surface area (Å²) < 4.78 is 12.1. The molecule has 48 heavy (non-hydrogen) atoms. The third-order valence-corrected chi connectivity index (χ3v) is 9.36. The summed E-state index contributed by atoms with van der Waals surface area (Å²) in [5.74, 6) is 1.26. The highest BCUT2D eigenvalue weighted by Crippen LogP contribution is 2.42. The van der Waals surface area contributed by atoms with Gasteiger partial charge in [-0.1, -0.05) is 97.1 Å². The van der Waals surface area contributed by atoms with E-state index in [1.807, 2.05) is 48.5 Å². The molecule has 0 saturated carbocycles. The molecule has 0 fully saturated rings. The van der Waals surface area contributed by atoms with Crippen LogP contribution in [0.4, 0.5) is 0 Å². The predicted octanol–water partition coefficient (Wildman–Crippen LogP) is 12.1. The van der Waals surface area contributed by atoms with E-state index in [4.69, 9.17) is 18.8 Å². The van der Waals surface area contributed by atoms with Crippen molar-refractivity contribution in [2.45, 2.75) is 0 Å². The number of benzene rings is 8. The molecular formula is C44H26N2O2. The number of rotatable bonds is 4. The third-order valence-electron chi connectivity index (χ3n) is 9.36. The van der Waals surface area contributed by atoms with E-state index in [9.17, 15) is 0 Å². The van der Waals surface area contributed by atoms with Crippen LogP contribution in [0.15, 0.2) is 167 Å². The Hall–Kier alpha value is -6.52. The molecule has 0 aliphatic carbocycles. The van der Waals surface area contributed by atoms with Gasteiger partial charge in [0, 0.05) is 11.1 Å². The van der Waals surface area contributed by atoms with Gasteiger partial charge in [0.2, 0.25) is 11.8 Å². The Morgan fingerprint density at radius 2 is 0.667 bits per heavy atom. The van der Waals surface area contributed by atoms with Crippen molar-refractivity contribution in [1.29, 1.82) is 0 Å². The number of oxazole rings is 2. The van der Waals surface area contributed by atoms with Crippen LogP contribution in [0.25, 0.3) is 99.7 Å². The molecule has 10 aromatic rings. The molecule has 0 unspecified atom stereocenters. The third kappa shape index (κ3) is 4.24. The van der Waals surface area contributed by atoms with Crippen LogP contribution in [-0.2, 0) is 0 Å². The van der Waals surface area contributed by atoms with Crippen molar-refractivity contribution in [1.82, 2.24) is 9.97 Å². The second-order valence-corrected chi connectivity index (χ2v) is 12.2. The van der Waals surface area contributed by atoms with Crippen LogP contribution < -0.4 is 0 Å². The monoisotopic (exact) mass is 614 g/mol. The number of fused-ring (bicyclic) bond motifs is 7. The van der Waals surface area contributed by atoms with Crippen molar-refractivity contribution < 1.29 is 8.83 Å². The Bertz CT molecular complexity index is 2560. The first-order valence-corrected chi connectivity index (χ1v) is 16.1. The molecule has 0 spiro atoms. The van der Waals surface area contributed by atoms with Crippen LogP contribution in [-0.4, -0.2) is 9.97 Å². The van der Waals surface area contributed by atoms with E-state index in [1.54, 1.807) is 0 Å². The molecule has 0 aliphatic rings. The normalized spacial score (nSPS) is 11.8. The lowest BCUT2D eigenvalue weighted by Gasteiger charge is -2.16. The quantitative estimate of drug-likeness (QED) is 0.185. The zero-order valence-corrected chi connectivity index (χ0v) is 25.7. The van der Waals surface area contributed by atoms with Gasteiger partial charge in [0.05, 0.1) is 0 Å². The van der Waals surface area contributed by atoms with Crippen LogP contribution in [0.5, 0.6) is 0 Å². The van der Waals surface area contributed by atoms with Crippen LogP contribution in [0.3, 0.4) is 0 Å². The first-order chi connectivity index (χ1) is 23.8. The maximum atomic E-state index is 6.05. The smallest absolute Gasteiger partial charge is 0.227 e. The summed E-state index contributed by atoms with van der Waals surface area (Å²) in [5, 5.41) is 7.34. The van der Waals surface area contributed by atoms with E-state index < -0.39 is 0 Å². The van der Waals surface area contributed by atoms with Gasteiger partial charge < -0.3 is 8.83 Å². The van der Waals surface area contributed by atoms with Gasteiger partial charge in [-0.05, 0) is 115 Å². The molecule has 0 aliphatic heterocycles. The van der Waals surface area contributed by atoms with Gasteiger partial charge in [-0.3, -0.25) is 0 Å². The molecule has 0 atom stereocenters. The molecule has 10 rings (SSSR count). The molecule has 0 saturated heterocycles. The Morgan fingerprint density at radius 3 is 1.08 bits per heavy atom. The zero-order valence-electron chi connectivity index (χ0n) is 25.7. The second kappa shape index (κ2) is 10.5. The first-order valence-electron chi connectivity index (χ1n) is 16.1. The van der Waals surface area contributed by atoms with E-state index >= 15 is 0 Å². The van der Waals surface area contributed by atoms with E-state index in [0.29, 0.717) is 11.8 Å². The molecule has 4 heteroatoms. The predicted molar refractivity (Wildman–Crippen MR) is 196 cm³/mol. The van der Waals surface area contributed by atoms with E-state index in [2.05, 4.69) is 109 Å². The minimum Gasteiger partial charge on any atom is -0.436 e. The van der Waals surface area contributed by atoms with Crippen LogP contribution >= 0.6 is 0 Å². The lowest BCUT2D eigenvalue weighted by molar-refractivity contribution is 0.619. The average Bonchev–Trinajstić information content (AvgIpc) is 3.79. The Kier molecular flexibility index (Phi) is 5.84. The minimum atomic E-state index is 0.631. The van der Waals surface area contributed by atoms with Crippen LogP contribution in [0, 0.1) is 0 Å². The van der Waals surface area contributed by atoms with Crippen molar-refractivity contribution in [2.24, 2.45) is 0 Å². The highest BCUT2D eigenvalue weighted by Gasteiger charge is 2.16. The number of aromatic nitrogens is 2. The first kappa shape index (κ1) is 26.7. The second-order valence-electron chi connectivity index (χ2n) is 12.2. The maximum absolute atomic E-state index is 6.05. The lowest BCUT2D eigenvalue weighted by atomic mass is 9.87. The fourth-order valence-electron chi connectivity index (χ4n) is 7.00. The van der Waals surface area contributed by atoms with E-state index in [-0.39, 0.29) is 0 Å². The van der Waals surface area contributed by atoms with Gasteiger partial charge in [-0.15, -0.1) is 0 Å². The Labute approximate surface area is 275 Å². The molecule has 0 N–H and O–H groups in total. The minimum absolute atomic E-state index is 0.631. The van der Waals surface area contributed by atoms with Gasteiger partial charge in [0.1, 0.15) is 11.0 Å². The largest absolute Gasteiger partial charge is 0.436 e. The topological polar surface area (TPSA) is 52.1 Å². The average molecular weight is 615 g/mol. The highest BCUT2D eigenvalue weighted by atomic mass is 16.4. The fourth-order valence-corrected chi connectivity index (χ4v) is 7.00. The van der Waals surface area contributed by atoms with Crippen molar-refractivity contribution in [3.05, 3.63) is 158 Å². The molecule has 4 nitrogen and oxygen atoms in total. The zero-order chi connectivity index (χ0) is 31.6. The summed E-state index contributed by atoms with van der Waals surface area (Å²) in [7, 11) is 0. The van der Waals surface area contributed by atoms with Crippen molar-refractivity contribution in [3.8, 4) is 45.2 Å². The Morgan fingerprint density at radius 1 is 0.312 bits per heavy atom. The maximum Gasteiger partial charge on any atom is 0.227 e. The lowest BCUT2D eigenvalue weighted by Crippen LogP contribution is -1.89. The summed E-state index contributed by atoms with van der Waals surface area (Å²) >= 11 is 0. The fraction of sp³-hybridized carbons (Fsp3) is 0. The molecule has 8 aromatic carbocycles. The van der Waals surface area contributed by atoms with Gasteiger partial charge in [-0.2, -0.15) is 0 Å². The van der Waals surface area contributed by atoms with E-state index in [0.717, 1.165) is 44.5 Å². The highest BCUT2D eigenvalue weighted by molar-refractivity contribution is 6.23. The molecule has 2 heterocycles. The van der Waals surface area contributed by atoms with Crippen molar-refractivity contribution in [3.63, 3.8) is 0 Å². The van der Waals surface area contributed by atoms with Gasteiger partial charge in [-0.25, -0.2) is 9.97 Å². The van der Waals surface area contributed by atoms with E-state index in [1.165, 1.54) is 43.4 Å². The van der Waals surface area contributed by atoms with Crippen molar-refractivity contribution >= 4 is 54.5 Å². The molecule has 0 radical (unpaired) electrons. The molecule has 0 amide bonds. The molecule has 2 aromatic heterocycles. The summed E-state index contributed by atoms with van der Waals surface area (Å²) in [4.78, 5) is 9.40. The van der Waals surface area contributed by atoms with Crippen LogP contribution in [0.2, 0.25) is 0 Å². The molecule has 0 bridgehead atoms. The molecular weight excluding hydrogens is 588 g/mol. The number of hydrogen-bond acceptors (Lipinski definition) is 4. The van der Waals surface area contributed by atoms with Gasteiger partial charge in [0.25, 0.3) is 0 Å². The SMILES string of the molecule is c1ccc2oc(-c3ccc(-c4cc5c6ccccc6c(-c6ccc(-c7nc8ccccc8o7)cc6)cc5c5ccccc45)cc3)nc2c1. The standard InChI is InChI=1S/C44H26N2O2/c1-3-11-33-31(9-1)35(27-17-21-29(22-18-27)43-45-39-13-5-7-15-41(39)47-43)25-38-34-12-4-2-10-32(34)36(26-37(33)38)28-19-23-30(24-20-28)44-46-40-14-6-8-16-42(40)48-44/h1-26H. The summed E-state index contributed by atoms with van der Waals surface area (Å²) in [6.45, 7) is 0. The summed E-state index contributed by atoms with van der Waals surface area (Å²) in [6.07, 6.45) is 0. The van der Waals surface area contributed by atoms with Gasteiger partial charge >= 0.3 is 0 Å². The van der Waals surface area contributed by atoms with Crippen LogP contribution in [0.1, 0.15) is 0 Å².